The zero-order valence-electron chi connectivity index (χ0n) is 11.2. The Hall–Kier alpha value is -1.38. The maximum Gasteiger partial charge on any atom is 0.240 e. The van der Waals surface area contributed by atoms with E-state index in [2.05, 4.69) is 11.6 Å². The number of rotatable bonds is 4. The van der Waals surface area contributed by atoms with E-state index >= 15 is 0 Å². The fraction of sp³-hybridized carbons (Fsp3) is 0.500. The fourth-order valence-electron chi connectivity index (χ4n) is 2.26. The van der Waals surface area contributed by atoms with E-state index in [1.807, 2.05) is 6.07 Å². The van der Waals surface area contributed by atoms with Crippen LogP contribution in [0.25, 0.3) is 0 Å². The summed E-state index contributed by atoms with van der Waals surface area (Å²) >= 11 is 0. The second-order valence-corrected chi connectivity index (χ2v) is 7.32. The molecule has 19 heavy (non-hydrogen) atoms. The standard InChI is InChI=1S/C14H18N2O2S/c1-11-4-5-12(9-15)8-13(11)19(17,18)16-10-14(2)6-3-7-14/h4-5,8,16H,3,6-7,10H2,1-2H3. The molecule has 0 saturated heterocycles. The molecule has 1 aliphatic carbocycles. The molecular formula is C14H18N2O2S. The molecule has 102 valence electrons. The molecule has 0 aromatic heterocycles. The molecular weight excluding hydrogens is 260 g/mol. The maximum absolute atomic E-state index is 12.3. The largest absolute Gasteiger partial charge is 0.240 e. The Morgan fingerprint density at radius 3 is 2.63 bits per heavy atom. The average molecular weight is 278 g/mol. The highest BCUT2D eigenvalue weighted by molar-refractivity contribution is 7.89. The normalized spacial score (nSPS) is 17.5. The smallest absolute Gasteiger partial charge is 0.211 e. The Labute approximate surface area is 114 Å². The van der Waals surface area contributed by atoms with Gasteiger partial charge in [-0.2, -0.15) is 5.26 Å². The van der Waals surface area contributed by atoms with Crippen molar-refractivity contribution in [2.24, 2.45) is 5.41 Å². The van der Waals surface area contributed by atoms with Gasteiger partial charge >= 0.3 is 0 Å². The number of aryl methyl sites for hydroxylation is 1. The van der Waals surface area contributed by atoms with Gasteiger partial charge in [0, 0.05) is 6.54 Å². The summed E-state index contributed by atoms with van der Waals surface area (Å²) in [5.74, 6) is 0. The van der Waals surface area contributed by atoms with Crippen LogP contribution in [-0.2, 0) is 10.0 Å². The van der Waals surface area contributed by atoms with E-state index in [1.54, 1.807) is 19.1 Å². The van der Waals surface area contributed by atoms with Crippen LogP contribution in [0.1, 0.15) is 37.3 Å². The predicted molar refractivity (Wildman–Crippen MR) is 73.0 cm³/mol. The molecule has 1 aliphatic rings. The van der Waals surface area contributed by atoms with Crippen LogP contribution in [0.2, 0.25) is 0 Å². The number of nitrogens with zero attached hydrogens (tertiary/aromatic N) is 1. The molecule has 5 heteroatoms. The summed E-state index contributed by atoms with van der Waals surface area (Å²) in [5, 5.41) is 8.86. The van der Waals surface area contributed by atoms with Crippen molar-refractivity contribution < 1.29 is 8.42 Å². The lowest BCUT2D eigenvalue weighted by Crippen LogP contribution is -2.40. The van der Waals surface area contributed by atoms with Gasteiger partial charge in [-0.3, -0.25) is 0 Å². The van der Waals surface area contributed by atoms with Crippen LogP contribution in [-0.4, -0.2) is 15.0 Å². The fourth-order valence-corrected chi connectivity index (χ4v) is 3.73. The summed E-state index contributed by atoms with van der Waals surface area (Å²) in [4.78, 5) is 0.203. The minimum Gasteiger partial charge on any atom is -0.211 e. The molecule has 0 unspecified atom stereocenters. The molecule has 0 amide bonds. The van der Waals surface area contributed by atoms with Gasteiger partial charge in [0.25, 0.3) is 0 Å². The summed E-state index contributed by atoms with van der Waals surface area (Å²) in [7, 11) is -3.53. The molecule has 0 spiro atoms. The second-order valence-electron chi connectivity index (χ2n) is 5.58. The van der Waals surface area contributed by atoms with Gasteiger partial charge in [-0.25, -0.2) is 13.1 Å². The van der Waals surface area contributed by atoms with Gasteiger partial charge in [-0.1, -0.05) is 19.4 Å². The molecule has 0 bridgehead atoms. The minimum absolute atomic E-state index is 0.0911. The summed E-state index contributed by atoms with van der Waals surface area (Å²) < 4.78 is 27.2. The Morgan fingerprint density at radius 1 is 1.42 bits per heavy atom. The monoisotopic (exact) mass is 278 g/mol. The summed E-state index contributed by atoms with van der Waals surface area (Å²) in [6, 6.07) is 6.69. The van der Waals surface area contributed by atoms with Crippen molar-refractivity contribution in [1.29, 1.82) is 5.26 Å². The van der Waals surface area contributed by atoms with Crippen molar-refractivity contribution in [1.82, 2.24) is 4.72 Å². The number of sulfonamides is 1. The minimum atomic E-state index is -3.53. The van der Waals surface area contributed by atoms with Crippen molar-refractivity contribution in [3.8, 4) is 6.07 Å². The Kier molecular flexibility index (Phi) is 3.66. The zero-order valence-corrected chi connectivity index (χ0v) is 12.0. The molecule has 0 aliphatic heterocycles. The van der Waals surface area contributed by atoms with E-state index < -0.39 is 10.0 Å². The second kappa shape index (κ2) is 4.95. The lowest BCUT2D eigenvalue weighted by atomic mass is 9.71. The van der Waals surface area contributed by atoms with Gasteiger partial charge in [0.05, 0.1) is 16.5 Å². The molecule has 0 radical (unpaired) electrons. The third-order valence-corrected chi connectivity index (χ3v) is 5.40. The van der Waals surface area contributed by atoms with Crippen molar-refractivity contribution in [2.75, 3.05) is 6.54 Å². The summed E-state index contributed by atoms with van der Waals surface area (Å²) in [6.45, 7) is 4.30. The highest BCUT2D eigenvalue weighted by atomic mass is 32.2. The van der Waals surface area contributed by atoms with Crippen LogP contribution in [0.15, 0.2) is 23.1 Å². The average Bonchev–Trinajstić information content (AvgIpc) is 2.34. The molecule has 4 nitrogen and oxygen atoms in total. The van der Waals surface area contributed by atoms with Crippen molar-refractivity contribution >= 4 is 10.0 Å². The number of nitriles is 1. The topological polar surface area (TPSA) is 70.0 Å². The molecule has 1 N–H and O–H groups in total. The van der Waals surface area contributed by atoms with Crippen LogP contribution in [0.4, 0.5) is 0 Å². The third kappa shape index (κ3) is 2.96. The quantitative estimate of drug-likeness (QED) is 0.919. The first-order valence-corrected chi connectivity index (χ1v) is 7.85. The van der Waals surface area contributed by atoms with E-state index in [1.165, 1.54) is 12.5 Å². The molecule has 0 heterocycles. The first-order valence-electron chi connectivity index (χ1n) is 6.37. The van der Waals surface area contributed by atoms with E-state index in [-0.39, 0.29) is 10.3 Å². The molecule has 1 fully saturated rings. The highest BCUT2D eigenvalue weighted by Crippen LogP contribution is 2.39. The van der Waals surface area contributed by atoms with E-state index in [0.717, 1.165) is 12.8 Å². The van der Waals surface area contributed by atoms with Crippen LogP contribution in [0.3, 0.4) is 0 Å². The molecule has 1 aromatic carbocycles. The zero-order chi connectivity index (χ0) is 14.1. The van der Waals surface area contributed by atoms with Gasteiger partial charge in [0.1, 0.15) is 0 Å². The van der Waals surface area contributed by atoms with Gasteiger partial charge in [0.15, 0.2) is 0 Å². The number of benzene rings is 1. The van der Waals surface area contributed by atoms with Crippen molar-refractivity contribution in [3.63, 3.8) is 0 Å². The van der Waals surface area contributed by atoms with Gasteiger partial charge in [0.2, 0.25) is 10.0 Å². The van der Waals surface area contributed by atoms with E-state index in [4.69, 9.17) is 5.26 Å². The lowest BCUT2D eigenvalue weighted by Gasteiger charge is -2.38. The predicted octanol–water partition coefficient (Wildman–Crippen LogP) is 2.34. The van der Waals surface area contributed by atoms with Crippen LogP contribution < -0.4 is 4.72 Å². The molecule has 1 aromatic rings. The van der Waals surface area contributed by atoms with Gasteiger partial charge in [-0.15, -0.1) is 0 Å². The van der Waals surface area contributed by atoms with Crippen molar-refractivity contribution in [3.05, 3.63) is 29.3 Å². The van der Waals surface area contributed by atoms with Crippen LogP contribution >= 0.6 is 0 Å². The highest BCUT2D eigenvalue weighted by Gasteiger charge is 2.33. The Morgan fingerprint density at radius 2 is 2.11 bits per heavy atom. The molecule has 0 atom stereocenters. The summed E-state index contributed by atoms with van der Waals surface area (Å²) in [6.07, 6.45) is 3.29. The van der Waals surface area contributed by atoms with Crippen LogP contribution in [0, 0.1) is 23.7 Å². The Bertz CT molecular complexity index is 625. The lowest BCUT2D eigenvalue weighted by molar-refractivity contribution is 0.166. The number of hydrogen-bond acceptors (Lipinski definition) is 3. The maximum atomic E-state index is 12.3. The summed E-state index contributed by atoms with van der Waals surface area (Å²) in [5.41, 5.74) is 1.11. The third-order valence-electron chi connectivity index (χ3n) is 3.86. The number of nitrogens with one attached hydrogen (secondary N) is 1. The Balaban J connectivity index is 2.22. The van der Waals surface area contributed by atoms with Gasteiger partial charge in [-0.05, 0) is 42.9 Å². The molecule has 1 saturated carbocycles. The van der Waals surface area contributed by atoms with Crippen molar-refractivity contribution in [2.45, 2.75) is 38.0 Å². The van der Waals surface area contributed by atoms with Crippen LogP contribution in [0.5, 0.6) is 0 Å². The van der Waals surface area contributed by atoms with E-state index in [9.17, 15) is 8.42 Å². The van der Waals surface area contributed by atoms with Gasteiger partial charge < -0.3 is 0 Å². The SMILES string of the molecule is Cc1ccc(C#N)cc1S(=O)(=O)NCC1(C)CCC1. The first kappa shape index (κ1) is 14.0. The first-order chi connectivity index (χ1) is 8.86. The number of hydrogen-bond donors (Lipinski definition) is 1. The molecule has 2 rings (SSSR count). The van der Waals surface area contributed by atoms with E-state index in [0.29, 0.717) is 17.7 Å².